The van der Waals surface area contributed by atoms with Crippen molar-refractivity contribution in [3.05, 3.63) is 29.8 Å². The van der Waals surface area contributed by atoms with Crippen LogP contribution in [-0.2, 0) is 21.1 Å². The molecule has 0 N–H and O–H groups in total. The lowest BCUT2D eigenvalue weighted by Crippen LogP contribution is -2.51. The molecular weight excluding hydrogens is 342 g/mol. The summed E-state index contributed by atoms with van der Waals surface area (Å²) < 4.78 is 28.1. The molecule has 1 unspecified atom stereocenters. The van der Waals surface area contributed by atoms with Gasteiger partial charge in [0.05, 0.1) is 17.5 Å². The molecule has 2 amide bonds. The smallest absolute Gasteiger partial charge is 0.320 e. The van der Waals surface area contributed by atoms with E-state index in [0.29, 0.717) is 18.0 Å². The van der Waals surface area contributed by atoms with E-state index in [1.54, 1.807) is 19.2 Å². The van der Waals surface area contributed by atoms with Gasteiger partial charge in [0.15, 0.2) is 9.84 Å². The van der Waals surface area contributed by atoms with E-state index in [1.165, 1.54) is 6.26 Å². The van der Waals surface area contributed by atoms with E-state index in [-0.39, 0.29) is 12.1 Å². The quantitative estimate of drug-likeness (QED) is 0.739. The maximum atomic E-state index is 12.4. The van der Waals surface area contributed by atoms with Crippen molar-refractivity contribution in [1.29, 1.82) is 0 Å². The van der Waals surface area contributed by atoms with Gasteiger partial charge in [0, 0.05) is 52.6 Å². The van der Waals surface area contributed by atoms with E-state index in [4.69, 9.17) is 4.74 Å². The fourth-order valence-corrected chi connectivity index (χ4v) is 4.10. The Labute approximate surface area is 149 Å². The highest BCUT2D eigenvalue weighted by atomic mass is 32.2. The summed E-state index contributed by atoms with van der Waals surface area (Å²) in [7, 11) is -1.51. The number of hydrogen-bond donors (Lipinski definition) is 0. The van der Waals surface area contributed by atoms with Crippen LogP contribution in [0.1, 0.15) is 5.56 Å². The minimum absolute atomic E-state index is 0.110. The Balaban J connectivity index is 1.59. The van der Waals surface area contributed by atoms with E-state index < -0.39 is 9.84 Å². The van der Waals surface area contributed by atoms with Crippen LogP contribution in [-0.4, -0.2) is 87.9 Å². The minimum atomic E-state index is -3.16. The lowest BCUT2D eigenvalue weighted by atomic mass is 10.1. The molecule has 2 aliphatic heterocycles. The molecule has 2 aliphatic rings. The maximum absolute atomic E-state index is 12.4. The largest absolute Gasteiger partial charge is 0.383 e. The molecule has 3 rings (SSSR count). The molecule has 0 spiro atoms. The van der Waals surface area contributed by atoms with Crippen LogP contribution in [0.2, 0.25) is 0 Å². The summed E-state index contributed by atoms with van der Waals surface area (Å²) in [6.07, 6.45) is 1.22. The van der Waals surface area contributed by atoms with E-state index in [0.717, 1.165) is 38.3 Å². The third-order valence-electron chi connectivity index (χ3n) is 4.84. The van der Waals surface area contributed by atoms with Gasteiger partial charge in [-0.3, -0.25) is 4.90 Å². The van der Waals surface area contributed by atoms with Gasteiger partial charge in [-0.2, -0.15) is 0 Å². The first-order chi connectivity index (χ1) is 11.9. The Bertz CT molecular complexity index is 720. The van der Waals surface area contributed by atoms with Crippen molar-refractivity contribution >= 4 is 15.9 Å². The number of carbonyl (C=O) groups is 1. The number of ether oxygens (including phenoxy) is 1. The first-order valence-electron chi connectivity index (χ1n) is 8.44. The summed E-state index contributed by atoms with van der Waals surface area (Å²) in [4.78, 5) is 18.8. The molecular formula is C17H25N3O4S. The number of nitrogens with zero attached hydrogens (tertiary/aromatic N) is 3. The van der Waals surface area contributed by atoms with Crippen LogP contribution in [0.5, 0.6) is 0 Å². The summed E-state index contributed by atoms with van der Waals surface area (Å²) in [5.41, 5.74) is 1.08. The molecule has 1 atom stereocenters. The Morgan fingerprint density at radius 3 is 2.52 bits per heavy atom. The van der Waals surface area contributed by atoms with Crippen molar-refractivity contribution < 1.29 is 17.9 Å². The van der Waals surface area contributed by atoms with Gasteiger partial charge in [-0.1, -0.05) is 12.1 Å². The number of amides is 2. The molecule has 0 aromatic heterocycles. The van der Waals surface area contributed by atoms with Crippen LogP contribution in [0.4, 0.5) is 4.79 Å². The lowest BCUT2D eigenvalue weighted by molar-refractivity contribution is 0.116. The zero-order valence-corrected chi connectivity index (χ0v) is 15.5. The van der Waals surface area contributed by atoms with Gasteiger partial charge in [-0.15, -0.1) is 0 Å². The second-order valence-electron chi connectivity index (χ2n) is 6.72. The van der Waals surface area contributed by atoms with Crippen LogP contribution in [0.25, 0.3) is 0 Å². The molecule has 0 saturated carbocycles. The Kier molecular flexibility index (Phi) is 5.31. The molecule has 0 bridgehead atoms. The van der Waals surface area contributed by atoms with Gasteiger partial charge in [0.1, 0.15) is 0 Å². The standard InChI is InChI=1S/C17H25N3O4S/c1-24-10-9-19-13-15-12-18(7-8-20(15)17(19)21)11-14-3-5-16(6-4-14)25(2,22)23/h3-6,15H,7-13H2,1-2H3. The molecule has 7 nitrogen and oxygen atoms in total. The second kappa shape index (κ2) is 7.31. The number of methoxy groups -OCH3 is 1. The Morgan fingerprint density at radius 1 is 1.16 bits per heavy atom. The number of benzene rings is 1. The van der Waals surface area contributed by atoms with Crippen LogP contribution >= 0.6 is 0 Å². The lowest BCUT2D eigenvalue weighted by Gasteiger charge is -2.36. The molecule has 25 heavy (non-hydrogen) atoms. The third kappa shape index (κ3) is 4.13. The molecule has 0 radical (unpaired) electrons. The average Bonchev–Trinajstić information content (AvgIpc) is 2.88. The summed E-state index contributed by atoms with van der Waals surface area (Å²) in [6, 6.07) is 7.38. The SMILES string of the molecule is COCCN1CC2CN(Cc3ccc(S(C)(=O)=O)cc3)CCN2C1=O. The predicted molar refractivity (Wildman–Crippen MR) is 94.2 cm³/mol. The summed E-state index contributed by atoms with van der Waals surface area (Å²) in [5.74, 6) is 0. The van der Waals surface area contributed by atoms with Gasteiger partial charge in [-0.25, -0.2) is 13.2 Å². The van der Waals surface area contributed by atoms with E-state index in [9.17, 15) is 13.2 Å². The molecule has 2 heterocycles. The molecule has 2 fully saturated rings. The van der Waals surface area contributed by atoms with Crippen molar-refractivity contribution in [1.82, 2.24) is 14.7 Å². The third-order valence-corrected chi connectivity index (χ3v) is 5.97. The summed E-state index contributed by atoms with van der Waals surface area (Å²) in [6.45, 7) is 5.09. The highest BCUT2D eigenvalue weighted by molar-refractivity contribution is 7.90. The van der Waals surface area contributed by atoms with Crippen molar-refractivity contribution in [3.8, 4) is 0 Å². The van der Waals surface area contributed by atoms with Gasteiger partial charge >= 0.3 is 6.03 Å². The van der Waals surface area contributed by atoms with E-state index in [1.807, 2.05) is 21.9 Å². The molecule has 2 saturated heterocycles. The number of fused-ring (bicyclic) bond motifs is 1. The number of piperazine rings is 1. The van der Waals surface area contributed by atoms with Gasteiger partial charge < -0.3 is 14.5 Å². The zero-order chi connectivity index (χ0) is 18.0. The van der Waals surface area contributed by atoms with Crippen LogP contribution < -0.4 is 0 Å². The first kappa shape index (κ1) is 18.2. The van der Waals surface area contributed by atoms with Crippen molar-refractivity contribution in [2.75, 3.05) is 52.7 Å². The van der Waals surface area contributed by atoms with Crippen LogP contribution in [0, 0.1) is 0 Å². The molecule has 8 heteroatoms. The minimum Gasteiger partial charge on any atom is -0.383 e. The van der Waals surface area contributed by atoms with Crippen molar-refractivity contribution in [2.45, 2.75) is 17.5 Å². The molecule has 0 aliphatic carbocycles. The fraction of sp³-hybridized carbons (Fsp3) is 0.588. The second-order valence-corrected chi connectivity index (χ2v) is 8.74. The Morgan fingerprint density at radius 2 is 1.88 bits per heavy atom. The Hall–Kier alpha value is -1.64. The number of hydrogen-bond acceptors (Lipinski definition) is 5. The van der Waals surface area contributed by atoms with Crippen LogP contribution in [0.15, 0.2) is 29.2 Å². The zero-order valence-electron chi connectivity index (χ0n) is 14.7. The highest BCUT2D eigenvalue weighted by Gasteiger charge is 2.40. The van der Waals surface area contributed by atoms with E-state index >= 15 is 0 Å². The molecule has 138 valence electrons. The van der Waals surface area contributed by atoms with Crippen LogP contribution in [0.3, 0.4) is 0 Å². The highest BCUT2D eigenvalue weighted by Crippen LogP contribution is 2.22. The normalized spacial score (nSPS) is 21.7. The van der Waals surface area contributed by atoms with Gasteiger partial charge in [0.25, 0.3) is 0 Å². The summed E-state index contributed by atoms with van der Waals surface area (Å²) in [5, 5.41) is 0. The fourth-order valence-electron chi connectivity index (χ4n) is 3.47. The number of sulfone groups is 1. The number of carbonyl (C=O) groups excluding carboxylic acids is 1. The molecule has 1 aromatic carbocycles. The van der Waals surface area contributed by atoms with E-state index in [2.05, 4.69) is 4.90 Å². The van der Waals surface area contributed by atoms with Crippen molar-refractivity contribution in [3.63, 3.8) is 0 Å². The van der Waals surface area contributed by atoms with Gasteiger partial charge in [0.2, 0.25) is 0 Å². The predicted octanol–water partition coefficient (Wildman–Crippen LogP) is 0.658. The number of urea groups is 1. The van der Waals surface area contributed by atoms with Crippen molar-refractivity contribution in [2.24, 2.45) is 0 Å². The maximum Gasteiger partial charge on any atom is 0.320 e. The first-order valence-corrected chi connectivity index (χ1v) is 10.3. The number of rotatable bonds is 6. The topological polar surface area (TPSA) is 70.2 Å². The van der Waals surface area contributed by atoms with Gasteiger partial charge in [-0.05, 0) is 17.7 Å². The monoisotopic (exact) mass is 367 g/mol. The average molecular weight is 367 g/mol. The summed E-state index contributed by atoms with van der Waals surface area (Å²) >= 11 is 0. The molecule has 1 aromatic rings.